The van der Waals surface area contributed by atoms with Crippen molar-refractivity contribution in [2.24, 2.45) is 5.92 Å². The summed E-state index contributed by atoms with van der Waals surface area (Å²) in [5.41, 5.74) is 0. The Labute approximate surface area is 118 Å². The smallest absolute Gasteiger partial charge is 0.250 e. The number of hydrogen-bond acceptors (Lipinski definition) is 4. The minimum Gasteiger partial charge on any atom is -0.314 e. The van der Waals surface area contributed by atoms with Gasteiger partial charge in [-0.05, 0) is 50.2 Å². The van der Waals surface area contributed by atoms with E-state index in [-0.39, 0.29) is 0 Å². The van der Waals surface area contributed by atoms with E-state index in [1.54, 1.807) is 6.07 Å². The monoisotopic (exact) mass is 300 g/mol. The Hall–Kier alpha value is -0.430. The van der Waals surface area contributed by atoms with Crippen LogP contribution in [-0.2, 0) is 16.4 Å². The molecule has 19 heavy (non-hydrogen) atoms. The highest BCUT2D eigenvalue weighted by Crippen LogP contribution is 2.29. The van der Waals surface area contributed by atoms with Crippen molar-refractivity contribution in [1.29, 1.82) is 0 Å². The average molecular weight is 300 g/mol. The molecule has 0 aliphatic heterocycles. The lowest BCUT2D eigenvalue weighted by Crippen LogP contribution is -2.25. The van der Waals surface area contributed by atoms with Crippen molar-refractivity contribution in [3.8, 4) is 0 Å². The molecule has 2 aliphatic rings. The normalized spacial score (nSPS) is 19.8. The highest BCUT2D eigenvalue weighted by Gasteiger charge is 2.25. The molecule has 2 aliphatic carbocycles. The third kappa shape index (κ3) is 4.02. The fourth-order valence-electron chi connectivity index (χ4n) is 1.94. The molecule has 1 aromatic rings. The Morgan fingerprint density at radius 3 is 2.68 bits per heavy atom. The first-order chi connectivity index (χ1) is 9.13. The Balaban J connectivity index is 1.52. The van der Waals surface area contributed by atoms with Gasteiger partial charge in [0.2, 0.25) is 10.0 Å². The molecule has 0 spiro atoms. The summed E-state index contributed by atoms with van der Waals surface area (Å²) in [6, 6.07) is 4.38. The Morgan fingerprint density at radius 1 is 1.21 bits per heavy atom. The first kappa shape index (κ1) is 13.5. The predicted octanol–water partition coefficient (Wildman–Crippen LogP) is 1.73. The molecule has 0 saturated heterocycles. The predicted molar refractivity (Wildman–Crippen MR) is 77.0 cm³/mol. The molecule has 0 radical (unpaired) electrons. The van der Waals surface area contributed by atoms with Gasteiger partial charge in [0, 0.05) is 24.0 Å². The quantitative estimate of drug-likeness (QED) is 0.769. The van der Waals surface area contributed by atoms with E-state index in [2.05, 4.69) is 10.0 Å². The summed E-state index contributed by atoms with van der Waals surface area (Å²) in [5.74, 6) is 0.567. The van der Waals surface area contributed by atoms with Crippen LogP contribution in [0.4, 0.5) is 0 Å². The van der Waals surface area contributed by atoms with Gasteiger partial charge in [0.15, 0.2) is 0 Å². The van der Waals surface area contributed by atoms with E-state index in [1.807, 2.05) is 6.07 Å². The van der Waals surface area contributed by atoms with Crippen LogP contribution in [0.15, 0.2) is 16.3 Å². The minimum atomic E-state index is -3.28. The molecule has 6 heteroatoms. The van der Waals surface area contributed by atoms with E-state index >= 15 is 0 Å². The molecule has 1 heterocycles. The second-order valence-electron chi connectivity index (χ2n) is 5.49. The molecule has 0 bridgehead atoms. The molecule has 106 valence electrons. The topological polar surface area (TPSA) is 58.2 Å². The molecule has 2 N–H and O–H groups in total. The number of hydrogen-bond donors (Lipinski definition) is 2. The molecule has 2 fully saturated rings. The van der Waals surface area contributed by atoms with Gasteiger partial charge >= 0.3 is 0 Å². The SMILES string of the molecule is O=S(=O)(NCC1CC1)c1ccc(CCNC2CC2)s1. The van der Waals surface area contributed by atoms with Crippen LogP contribution >= 0.6 is 11.3 Å². The molecule has 3 rings (SSSR count). The third-order valence-electron chi connectivity index (χ3n) is 3.54. The first-order valence-electron chi connectivity index (χ1n) is 6.95. The second-order valence-corrected chi connectivity index (χ2v) is 8.66. The van der Waals surface area contributed by atoms with E-state index in [0.717, 1.165) is 30.7 Å². The van der Waals surface area contributed by atoms with Crippen molar-refractivity contribution >= 4 is 21.4 Å². The highest BCUT2D eigenvalue weighted by molar-refractivity contribution is 7.91. The molecule has 4 nitrogen and oxygen atoms in total. The van der Waals surface area contributed by atoms with E-state index in [1.165, 1.54) is 24.2 Å². The summed E-state index contributed by atoms with van der Waals surface area (Å²) in [7, 11) is -3.28. The van der Waals surface area contributed by atoms with Crippen LogP contribution in [0.1, 0.15) is 30.6 Å². The van der Waals surface area contributed by atoms with Crippen molar-refractivity contribution < 1.29 is 8.42 Å². The van der Waals surface area contributed by atoms with Crippen LogP contribution in [0.2, 0.25) is 0 Å². The van der Waals surface area contributed by atoms with Crippen LogP contribution in [0, 0.1) is 5.92 Å². The fraction of sp³-hybridized carbons (Fsp3) is 0.692. The second kappa shape index (κ2) is 5.52. The Bertz CT molecular complexity index is 531. The van der Waals surface area contributed by atoms with Crippen LogP contribution in [-0.4, -0.2) is 27.5 Å². The maximum absolute atomic E-state index is 12.1. The molecule has 0 unspecified atom stereocenters. The summed E-state index contributed by atoms with van der Waals surface area (Å²) < 4.78 is 27.3. The lowest BCUT2D eigenvalue weighted by Gasteiger charge is -2.03. The van der Waals surface area contributed by atoms with Gasteiger partial charge in [-0.1, -0.05) is 0 Å². The molecular weight excluding hydrogens is 280 g/mol. The van der Waals surface area contributed by atoms with E-state index in [4.69, 9.17) is 0 Å². The Morgan fingerprint density at radius 2 is 2.00 bits per heavy atom. The van der Waals surface area contributed by atoms with Gasteiger partial charge in [-0.25, -0.2) is 13.1 Å². The van der Waals surface area contributed by atoms with Crippen molar-refractivity contribution in [3.05, 3.63) is 17.0 Å². The van der Waals surface area contributed by atoms with E-state index < -0.39 is 10.0 Å². The lowest BCUT2D eigenvalue weighted by molar-refractivity contribution is 0.579. The summed E-state index contributed by atoms with van der Waals surface area (Å²) in [4.78, 5) is 1.14. The zero-order valence-electron chi connectivity index (χ0n) is 10.9. The highest BCUT2D eigenvalue weighted by atomic mass is 32.2. The molecule has 0 aromatic carbocycles. The van der Waals surface area contributed by atoms with Crippen molar-refractivity contribution in [3.63, 3.8) is 0 Å². The maximum Gasteiger partial charge on any atom is 0.250 e. The summed E-state index contributed by atoms with van der Waals surface area (Å²) in [6.07, 6.45) is 5.81. The van der Waals surface area contributed by atoms with Gasteiger partial charge in [-0.3, -0.25) is 0 Å². The van der Waals surface area contributed by atoms with Crippen LogP contribution in [0.3, 0.4) is 0 Å². The average Bonchev–Trinajstić information content (AvgIpc) is 3.28. The molecular formula is C13H20N2O2S2. The zero-order chi connectivity index (χ0) is 13.3. The van der Waals surface area contributed by atoms with Crippen molar-refractivity contribution in [1.82, 2.24) is 10.0 Å². The van der Waals surface area contributed by atoms with Crippen LogP contribution in [0.25, 0.3) is 0 Å². The first-order valence-corrected chi connectivity index (χ1v) is 9.25. The van der Waals surface area contributed by atoms with Crippen molar-refractivity contribution in [2.45, 2.75) is 42.4 Å². The molecule has 2 saturated carbocycles. The molecule has 1 aromatic heterocycles. The lowest BCUT2D eigenvalue weighted by atomic mass is 10.3. The van der Waals surface area contributed by atoms with Gasteiger partial charge in [0.25, 0.3) is 0 Å². The molecule has 0 amide bonds. The zero-order valence-corrected chi connectivity index (χ0v) is 12.5. The standard InChI is InChI=1S/C13H20N2O2S2/c16-19(17,15-9-10-1-2-10)13-6-5-12(18-13)7-8-14-11-3-4-11/h5-6,10-11,14-15H,1-4,7-9H2. The third-order valence-corrected chi connectivity index (χ3v) is 6.60. The molecule has 0 atom stereocenters. The number of nitrogens with one attached hydrogen (secondary N) is 2. The number of rotatable bonds is 8. The number of sulfonamides is 1. The van der Waals surface area contributed by atoms with Crippen LogP contribution < -0.4 is 10.0 Å². The maximum atomic E-state index is 12.1. The number of thiophene rings is 1. The minimum absolute atomic E-state index is 0.453. The van der Waals surface area contributed by atoms with Gasteiger partial charge in [0.1, 0.15) is 4.21 Å². The van der Waals surface area contributed by atoms with Crippen molar-refractivity contribution in [2.75, 3.05) is 13.1 Å². The van der Waals surface area contributed by atoms with Gasteiger partial charge in [-0.15, -0.1) is 11.3 Å². The largest absolute Gasteiger partial charge is 0.314 e. The van der Waals surface area contributed by atoms with Gasteiger partial charge < -0.3 is 5.32 Å². The Kier molecular flexibility index (Phi) is 3.93. The van der Waals surface area contributed by atoms with E-state index in [0.29, 0.717) is 22.7 Å². The van der Waals surface area contributed by atoms with Gasteiger partial charge in [0.05, 0.1) is 0 Å². The fourth-order valence-corrected chi connectivity index (χ4v) is 4.46. The van der Waals surface area contributed by atoms with E-state index in [9.17, 15) is 8.42 Å². The van der Waals surface area contributed by atoms with Gasteiger partial charge in [-0.2, -0.15) is 0 Å². The summed E-state index contributed by atoms with van der Waals surface area (Å²) in [6.45, 7) is 1.54. The summed E-state index contributed by atoms with van der Waals surface area (Å²) in [5, 5.41) is 3.44. The van der Waals surface area contributed by atoms with Crippen LogP contribution in [0.5, 0.6) is 0 Å². The summed E-state index contributed by atoms with van der Waals surface area (Å²) >= 11 is 1.39.